The molecule has 2 N–H and O–H groups in total. The van der Waals surface area contributed by atoms with Crippen LogP contribution >= 0.6 is 0 Å². The van der Waals surface area contributed by atoms with E-state index >= 15 is 0 Å². The molecule has 4 heterocycles. The maximum absolute atomic E-state index is 13.1. The van der Waals surface area contributed by atoms with E-state index in [0.29, 0.717) is 34.9 Å². The zero-order valence-electron chi connectivity index (χ0n) is 26.3. The van der Waals surface area contributed by atoms with E-state index < -0.39 is 17.8 Å². The van der Waals surface area contributed by atoms with Gasteiger partial charge in [-0.25, -0.2) is 9.78 Å². The molecule has 6 rings (SSSR count). The second-order valence-corrected chi connectivity index (χ2v) is 11.1. The largest absolute Gasteiger partial charge is 0.493 e. The van der Waals surface area contributed by atoms with Crippen molar-refractivity contribution >= 4 is 47.1 Å². The Balaban J connectivity index is 1.07. The highest BCUT2D eigenvalue weighted by Gasteiger charge is 2.32. The minimum Gasteiger partial charge on any atom is -0.493 e. The predicted octanol–water partition coefficient (Wildman–Crippen LogP) is 3.81. The van der Waals surface area contributed by atoms with Gasteiger partial charge in [-0.3, -0.25) is 19.4 Å². The number of benzene rings is 2. The summed E-state index contributed by atoms with van der Waals surface area (Å²) >= 11 is 0. The van der Waals surface area contributed by atoms with Crippen molar-refractivity contribution in [2.75, 3.05) is 38.0 Å². The molecular formula is C33H33N7O7. The molecule has 242 valence electrons. The molecule has 4 aromatic rings. The highest BCUT2D eigenvalue weighted by molar-refractivity contribution is 6.04. The van der Waals surface area contributed by atoms with Crippen LogP contribution in [0.1, 0.15) is 44.3 Å². The summed E-state index contributed by atoms with van der Waals surface area (Å²) in [5.74, 6) is -0.735. The van der Waals surface area contributed by atoms with Gasteiger partial charge >= 0.3 is 5.97 Å². The first-order valence-electron chi connectivity index (χ1n) is 14.9. The Labute approximate surface area is 269 Å². The van der Waals surface area contributed by atoms with E-state index in [2.05, 4.69) is 20.6 Å². The molecule has 3 amide bonds. The Kier molecular flexibility index (Phi) is 8.48. The highest BCUT2D eigenvalue weighted by atomic mass is 16.5. The van der Waals surface area contributed by atoms with Crippen LogP contribution in [0, 0.1) is 0 Å². The molecule has 0 unspecified atom stereocenters. The molecule has 1 atom stereocenters. The number of rotatable bonds is 9. The van der Waals surface area contributed by atoms with Gasteiger partial charge in [0.25, 0.3) is 17.7 Å². The lowest BCUT2D eigenvalue weighted by Gasteiger charge is -2.20. The van der Waals surface area contributed by atoms with Crippen LogP contribution in [0.3, 0.4) is 0 Å². The summed E-state index contributed by atoms with van der Waals surface area (Å²) in [5, 5.41) is 5.44. The molecule has 2 aromatic heterocycles. The summed E-state index contributed by atoms with van der Waals surface area (Å²) in [6.45, 7) is 0.296. The second kappa shape index (κ2) is 12.8. The lowest BCUT2D eigenvalue weighted by atomic mass is 10.1. The predicted molar refractivity (Wildman–Crippen MR) is 173 cm³/mol. The molecule has 0 aliphatic carbocycles. The number of esters is 1. The number of amides is 3. The van der Waals surface area contributed by atoms with Crippen molar-refractivity contribution in [2.45, 2.75) is 18.9 Å². The number of methoxy groups -OCH3 is 2. The van der Waals surface area contributed by atoms with E-state index in [1.807, 2.05) is 18.2 Å². The number of carbonyl (C=O) groups is 4. The molecule has 2 aliphatic rings. The molecule has 47 heavy (non-hydrogen) atoms. The monoisotopic (exact) mass is 639 g/mol. The fourth-order valence-corrected chi connectivity index (χ4v) is 5.70. The van der Waals surface area contributed by atoms with Gasteiger partial charge in [0.05, 0.1) is 31.5 Å². The summed E-state index contributed by atoms with van der Waals surface area (Å²) < 4.78 is 19.2. The lowest BCUT2D eigenvalue weighted by molar-refractivity contribution is -0.118. The molecule has 2 aromatic carbocycles. The Bertz CT molecular complexity index is 1910. The number of aliphatic imine (C=N–C) groups is 1. The number of ether oxygens (including phenoxy) is 3. The number of hydrogen-bond donors (Lipinski definition) is 2. The maximum Gasteiger partial charge on any atom is 0.354 e. The van der Waals surface area contributed by atoms with Gasteiger partial charge in [0.1, 0.15) is 5.69 Å². The van der Waals surface area contributed by atoms with Crippen molar-refractivity contribution in [3.63, 3.8) is 0 Å². The van der Waals surface area contributed by atoms with Gasteiger partial charge in [0.15, 0.2) is 23.9 Å². The highest BCUT2D eigenvalue weighted by Crippen LogP contribution is 2.38. The Morgan fingerprint density at radius 3 is 2.53 bits per heavy atom. The van der Waals surface area contributed by atoms with E-state index in [0.717, 1.165) is 24.1 Å². The number of aromatic nitrogens is 3. The van der Waals surface area contributed by atoms with Gasteiger partial charge in [0.2, 0.25) is 5.82 Å². The van der Waals surface area contributed by atoms with E-state index in [4.69, 9.17) is 14.2 Å². The van der Waals surface area contributed by atoms with Crippen LogP contribution in [0.2, 0.25) is 0 Å². The fourth-order valence-electron chi connectivity index (χ4n) is 5.70. The topological polar surface area (TPSA) is 158 Å². The molecule has 0 saturated carbocycles. The molecule has 1 saturated heterocycles. The van der Waals surface area contributed by atoms with Crippen molar-refractivity contribution in [3.05, 3.63) is 71.8 Å². The number of hydrogen-bond acceptors (Lipinski definition) is 9. The van der Waals surface area contributed by atoms with Gasteiger partial charge in [0, 0.05) is 50.5 Å². The Morgan fingerprint density at radius 1 is 1.00 bits per heavy atom. The van der Waals surface area contributed by atoms with Crippen molar-refractivity contribution in [3.8, 4) is 22.8 Å². The Hall–Kier alpha value is -5.92. The van der Waals surface area contributed by atoms with Crippen molar-refractivity contribution in [2.24, 2.45) is 19.1 Å². The van der Waals surface area contributed by atoms with Crippen molar-refractivity contribution < 1.29 is 33.4 Å². The Morgan fingerprint density at radius 2 is 1.79 bits per heavy atom. The number of nitrogens with one attached hydrogen (secondary N) is 2. The van der Waals surface area contributed by atoms with Crippen LogP contribution in [-0.2, 0) is 23.6 Å². The van der Waals surface area contributed by atoms with Gasteiger partial charge < -0.3 is 38.9 Å². The molecule has 0 bridgehead atoms. The molecule has 1 fully saturated rings. The van der Waals surface area contributed by atoms with Crippen LogP contribution < -0.4 is 20.1 Å². The third kappa shape index (κ3) is 6.17. The molecule has 14 nitrogen and oxygen atoms in total. The van der Waals surface area contributed by atoms with Crippen LogP contribution in [-0.4, -0.2) is 82.3 Å². The molecule has 0 spiro atoms. The zero-order valence-corrected chi connectivity index (χ0v) is 26.3. The first-order valence-corrected chi connectivity index (χ1v) is 14.9. The van der Waals surface area contributed by atoms with Crippen LogP contribution in [0.5, 0.6) is 11.5 Å². The smallest absolute Gasteiger partial charge is 0.354 e. The minimum absolute atomic E-state index is 0.0364. The van der Waals surface area contributed by atoms with Crippen LogP contribution in [0.25, 0.3) is 11.3 Å². The zero-order chi connectivity index (χ0) is 33.2. The number of anilines is 2. The number of nitrogens with zero attached hydrogens (tertiary/aromatic N) is 5. The summed E-state index contributed by atoms with van der Waals surface area (Å²) in [6, 6.07) is 13.8. The molecule has 14 heteroatoms. The van der Waals surface area contributed by atoms with Gasteiger partial charge in [-0.1, -0.05) is 12.1 Å². The number of carbonyl (C=O) groups excluding carboxylic acids is 4. The number of aryl methyl sites for hydroxylation is 1. The normalized spacial score (nSPS) is 15.0. The SMILES string of the molecule is COC(=O)c1ccc(-c2ccc(NC(=O)c3nc(NC(=O)COc4cc5c(cc4OC)C(=O)N4CCC[C@H]4C=N5)cn3C)cc2)n1C. The van der Waals surface area contributed by atoms with E-state index in [-0.39, 0.29) is 35.9 Å². The standard InChI is InChI=1S/C33H33N7O7/c1-38-17-28(37-30(38)31(42)35-20-9-7-19(8-10-20)24-11-12-25(39(24)2)33(44)46-4)36-29(41)18-47-27-15-23-22(14-26(27)45-3)32(43)40-13-5-6-21(40)16-34-23/h7-12,14-17,21H,5-6,13,18H2,1-4H3,(H,35,42)(H,36,41)/t21-/m0/s1. The fraction of sp³-hybridized carbons (Fsp3) is 0.273. The van der Waals surface area contributed by atoms with E-state index in [1.54, 1.807) is 60.1 Å². The minimum atomic E-state index is -0.515. The summed E-state index contributed by atoms with van der Waals surface area (Å²) in [5.41, 5.74) is 3.47. The summed E-state index contributed by atoms with van der Waals surface area (Å²) in [6.07, 6.45) is 5.08. The average molecular weight is 640 g/mol. The summed E-state index contributed by atoms with van der Waals surface area (Å²) in [7, 11) is 6.20. The quantitative estimate of drug-likeness (QED) is 0.262. The van der Waals surface area contributed by atoms with Crippen LogP contribution in [0.15, 0.2) is 59.7 Å². The first kappa shape index (κ1) is 31.1. The maximum atomic E-state index is 13.1. The van der Waals surface area contributed by atoms with E-state index in [9.17, 15) is 19.2 Å². The second-order valence-electron chi connectivity index (χ2n) is 11.1. The van der Waals surface area contributed by atoms with E-state index in [1.165, 1.54) is 25.0 Å². The van der Waals surface area contributed by atoms with Gasteiger partial charge in [-0.15, -0.1) is 0 Å². The molecule has 2 aliphatic heterocycles. The third-order valence-electron chi connectivity index (χ3n) is 8.12. The first-order chi connectivity index (χ1) is 22.7. The molecule has 0 radical (unpaired) electrons. The third-order valence-corrected chi connectivity index (χ3v) is 8.12. The number of fused-ring (bicyclic) bond motifs is 2. The van der Waals surface area contributed by atoms with Gasteiger partial charge in [-0.2, -0.15) is 0 Å². The van der Waals surface area contributed by atoms with Crippen molar-refractivity contribution in [1.82, 2.24) is 19.0 Å². The lowest BCUT2D eigenvalue weighted by Crippen LogP contribution is -2.35. The van der Waals surface area contributed by atoms with Crippen molar-refractivity contribution in [1.29, 1.82) is 0 Å². The number of imidazole rings is 1. The summed E-state index contributed by atoms with van der Waals surface area (Å²) in [4.78, 5) is 61.4. The van der Waals surface area contributed by atoms with Crippen LogP contribution in [0.4, 0.5) is 17.2 Å². The average Bonchev–Trinajstić information content (AvgIpc) is 3.78. The van der Waals surface area contributed by atoms with Gasteiger partial charge in [-0.05, 0) is 48.7 Å². The molecular weight excluding hydrogens is 606 g/mol.